The Morgan fingerprint density at radius 1 is 1.38 bits per heavy atom. The number of phenols is 1. The standard InChI is InChI=1S/C6H6ClNO4S/c7-3-1-5(9)4(8)2-6(3)13(10,11)12/h1-2,9H,8H2,(H,10,11,12). The van der Waals surface area contributed by atoms with Gasteiger partial charge in [-0.15, -0.1) is 0 Å². The molecule has 0 bridgehead atoms. The number of halogens is 1. The molecule has 0 aliphatic carbocycles. The van der Waals surface area contributed by atoms with Crippen LogP contribution < -0.4 is 5.73 Å². The predicted octanol–water partition coefficient (Wildman–Crippen LogP) is 0.874. The average molecular weight is 224 g/mol. The maximum Gasteiger partial charge on any atom is 0.296 e. The van der Waals surface area contributed by atoms with Gasteiger partial charge in [-0.3, -0.25) is 4.55 Å². The SMILES string of the molecule is Nc1cc(S(=O)(=O)O)c(Cl)cc1O. The van der Waals surface area contributed by atoms with E-state index < -0.39 is 15.0 Å². The third-order valence-corrected chi connectivity index (χ3v) is 2.68. The van der Waals surface area contributed by atoms with E-state index in [4.69, 9.17) is 27.0 Å². The monoisotopic (exact) mass is 223 g/mol. The Morgan fingerprint density at radius 2 is 1.92 bits per heavy atom. The lowest BCUT2D eigenvalue weighted by Crippen LogP contribution is -2.00. The summed E-state index contributed by atoms with van der Waals surface area (Å²) >= 11 is 5.43. The maximum atomic E-state index is 10.7. The Labute approximate surface area is 79.5 Å². The molecule has 0 aliphatic heterocycles. The van der Waals surface area contributed by atoms with E-state index in [1.807, 2.05) is 0 Å². The Balaban J connectivity index is 3.50. The smallest absolute Gasteiger partial charge is 0.296 e. The zero-order valence-corrected chi connectivity index (χ0v) is 7.80. The molecule has 0 radical (unpaired) electrons. The number of benzene rings is 1. The van der Waals surface area contributed by atoms with Crippen LogP contribution in [0.15, 0.2) is 17.0 Å². The molecule has 0 spiro atoms. The van der Waals surface area contributed by atoms with Gasteiger partial charge in [0.15, 0.2) is 0 Å². The third kappa shape index (κ3) is 2.03. The van der Waals surface area contributed by atoms with Crippen molar-refractivity contribution in [1.29, 1.82) is 0 Å². The maximum absolute atomic E-state index is 10.7. The molecular formula is C6H6ClNO4S. The number of hydrogen-bond acceptors (Lipinski definition) is 4. The first-order valence-corrected chi connectivity index (χ1v) is 4.89. The van der Waals surface area contributed by atoms with Gasteiger partial charge in [0.2, 0.25) is 0 Å². The first kappa shape index (κ1) is 10.1. The van der Waals surface area contributed by atoms with Crippen LogP contribution in [0.3, 0.4) is 0 Å². The van der Waals surface area contributed by atoms with Gasteiger partial charge < -0.3 is 10.8 Å². The minimum absolute atomic E-state index is 0.169. The van der Waals surface area contributed by atoms with Crippen molar-refractivity contribution in [3.63, 3.8) is 0 Å². The number of nitrogens with two attached hydrogens (primary N) is 1. The molecule has 0 atom stereocenters. The van der Waals surface area contributed by atoms with Crippen LogP contribution in [0.25, 0.3) is 0 Å². The van der Waals surface area contributed by atoms with Crippen LogP contribution in [-0.4, -0.2) is 18.1 Å². The van der Waals surface area contributed by atoms with Crippen molar-refractivity contribution in [1.82, 2.24) is 0 Å². The van der Waals surface area contributed by atoms with Crippen molar-refractivity contribution in [2.24, 2.45) is 0 Å². The second-order valence-electron chi connectivity index (χ2n) is 2.32. The third-order valence-electron chi connectivity index (χ3n) is 1.36. The molecule has 72 valence electrons. The van der Waals surface area contributed by atoms with E-state index in [9.17, 15) is 8.42 Å². The highest BCUT2D eigenvalue weighted by Gasteiger charge is 2.16. The molecule has 0 fully saturated rings. The molecule has 13 heavy (non-hydrogen) atoms. The highest BCUT2D eigenvalue weighted by molar-refractivity contribution is 7.86. The predicted molar refractivity (Wildman–Crippen MR) is 47.3 cm³/mol. The summed E-state index contributed by atoms with van der Waals surface area (Å²) in [4.78, 5) is -0.524. The zero-order chi connectivity index (χ0) is 10.2. The highest BCUT2D eigenvalue weighted by Crippen LogP contribution is 2.30. The van der Waals surface area contributed by atoms with Crippen molar-refractivity contribution in [3.05, 3.63) is 17.2 Å². The van der Waals surface area contributed by atoms with Crippen molar-refractivity contribution in [3.8, 4) is 5.75 Å². The van der Waals surface area contributed by atoms with Crippen LogP contribution in [0.1, 0.15) is 0 Å². The number of rotatable bonds is 1. The van der Waals surface area contributed by atoms with Gasteiger partial charge in [-0.05, 0) is 6.07 Å². The molecule has 0 saturated heterocycles. The van der Waals surface area contributed by atoms with Crippen LogP contribution in [-0.2, 0) is 10.1 Å². The number of hydrogen-bond donors (Lipinski definition) is 3. The zero-order valence-electron chi connectivity index (χ0n) is 6.23. The van der Waals surface area contributed by atoms with E-state index in [0.717, 1.165) is 12.1 Å². The molecule has 0 aromatic heterocycles. The summed E-state index contributed by atoms with van der Waals surface area (Å²) in [6.45, 7) is 0. The molecule has 0 saturated carbocycles. The van der Waals surface area contributed by atoms with Crippen molar-refractivity contribution in [2.45, 2.75) is 4.90 Å². The van der Waals surface area contributed by atoms with E-state index in [1.165, 1.54) is 0 Å². The second kappa shape index (κ2) is 3.06. The van der Waals surface area contributed by atoms with Crippen molar-refractivity contribution < 1.29 is 18.1 Å². The Hall–Kier alpha value is -0.980. The first-order valence-electron chi connectivity index (χ1n) is 3.08. The Kier molecular flexibility index (Phi) is 2.38. The second-order valence-corrected chi connectivity index (χ2v) is 4.11. The summed E-state index contributed by atoms with van der Waals surface area (Å²) < 4.78 is 29.9. The van der Waals surface area contributed by atoms with Crippen LogP contribution in [0, 0.1) is 0 Å². The molecule has 0 unspecified atom stereocenters. The molecule has 1 rings (SSSR count). The fraction of sp³-hybridized carbons (Fsp3) is 0. The van der Waals surface area contributed by atoms with Crippen LogP contribution in [0.2, 0.25) is 5.02 Å². The lowest BCUT2D eigenvalue weighted by Gasteiger charge is -2.03. The number of aromatic hydroxyl groups is 1. The first-order chi connectivity index (χ1) is 5.82. The molecule has 0 aliphatic rings. The van der Waals surface area contributed by atoms with Gasteiger partial charge in [-0.2, -0.15) is 8.42 Å². The van der Waals surface area contributed by atoms with Crippen LogP contribution >= 0.6 is 11.6 Å². The van der Waals surface area contributed by atoms with Gasteiger partial charge in [-0.25, -0.2) is 0 Å². The lowest BCUT2D eigenvalue weighted by atomic mass is 10.3. The number of anilines is 1. The summed E-state index contributed by atoms with van der Waals surface area (Å²) in [5.74, 6) is -0.336. The molecule has 0 heterocycles. The summed E-state index contributed by atoms with van der Waals surface area (Å²) in [6, 6.07) is 1.83. The van der Waals surface area contributed by atoms with E-state index in [0.29, 0.717) is 0 Å². The molecule has 1 aromatic carbocycles. The van der Waals surface area contributed by atoms with E-state index in [1.54, 1.807) is 0 Å². The molecule has 7 heteroatoms. The summed E-state index contributed by atoms with van der Waals surface area (Å²) in [6.07, 6.45) is 0. The minimum Gasteiger partial charge on any atom is -0.506 e. The van der Waals surface area contributed by atoms with Gasteiger partial charge in [0.1, 0.15) is 10.6 Å². The van der Waals surface area contributed by atoms with Crippen LogP contribution in [0.4, 0.5) is 5.69 Å². The largest absolute Gasteiger partial charge is 0.506 e. The van der Waals surface area contributed by atoms with Gasteiger partial charge in [0.05, 0.1) is 10.7 Å². The van der Waals surface area contributed by atoms with Crippen molar-refractivity contribution >= 4 is 27.4 Å². The topological polar surface area (TPSA) is 101 Å². The molecule has 0 amide bonds. The van der Waals surface area contributed by atoms with E-state index in [2.05, 4.69) is 0 Å². The molecule has 5 nitrogen and oxygen atoms in total. The molecular weight excluding hydrogens is 218 g/mol. The molecule has 1 aromatic rings. The highest BCUT2D eigenvalue weighted by atomic mass is 35.5. The Bertz CT molecular complexity index is 442. The van der Waals surface area contributed by atoms with Gasteiger partial charge >= 0.3 is 0 Å². The fourth-order valence-electron chi connectivity index (χ4n) is 0.756. The van der Waals surface area contributed by atoms with Crippen molar-refractivity contribution in [2.75, 3.05) is 5.73 Å². The average Bonchev–Trinajstić information content (AvgIpc) is 1.94. The quantitative estimate of drug-likeness (QED) is 0.373. The fourth-order valence-corrected chi connectivity index (χ4v) is 1.79. The molecule has 4 N–H and O–H groups in total. The number of nitrogen functional groups attached to an aromatic ring is 1. The normalized spacial score (nSPS) is 11.5. The lowest BCUT2D eigenvalue weighted by molar-refractivity contribution is 0.475. The summed E-state index contributed by atoms with van der Waals surface area (Å²) in [5, 5.41) is 8.72. The Morgan fingerprint density at radius 3 is 2.38 bits per heavy atom. The minimum atomic E-state index is -4.40. The van der Waals surface area contributed by atoms with E-state index in [-0.39, 0.29) is 16.5 Å². The number of phenolic OH excluding ortho intramolecular Hbond substituents is 1. The van der Waals surface area contributed by atoms with Crippen LogP contribution in [0.5, 0.6) is 5.75 Å². The van der Waals surface area contributed by atoms with Gasteiger partial charge in [-0.1, -0.05) is 11.6 Å². The summed E-state index contributed by atoms with van der Waals surface area (Å²) in [5.41, 5.74) is 5.03. The van der Waals surface area contributed by atoms with Gasteiger partial charge in [0, 0.05) is 6.07 Å². The van der Waals surface area contributed by atoms with Gasteiger partial charge in [0.25, 0.3) is 10.1 Å². The van der Waals surface area contributed by atoms with E-state index >= 15 is 0 Å². The summed E-state index contributed by atoms with van der Waals surface area (Å²) in [7, 11) is -4.40.